The van der Waals surface area contributed by atoms with Crippen molar-refractivity contribution in [2.45, 2.75) is 23.2 Å². The predicted molar refractivity (Wildman–Crippen MR) is 86.5 cm³/mol. The van der Waals surface area contributed by atoms with Crippen LogP contribution in [-0.2, 0) is 4.79 Å². The first-order chi connectivity index (χ1) is 10.9. The molecule has 0 fully saturated rings. The van der Waals surface area contributed by atoms with Gasteiger partial charge in [-0.3, -0.25) is 10.1 Å². The first kappa shape index (κ1) is 17.0. The van der Waals surface area contributed by atoms with E-state index in [1.807, 2.05) is 6.92 Å². The van der Waals surface area contributed by atoms with Crippen LogP contribution in [0.25, 0.3) is 0 Å². The van der Waals surface area contributed by atoms with Crippen LogP contribution in [0.2, 0.25) is 0 Å². The van der Waals surface area contributed by atoms with E-state index in [1.165, 1.54) is 12.1 Å². The van der Waals surface area contributed by atoms with E-state index in [2.05, 4.69) is 0 Å². The molecule has 2 atom stereocenters. The number of benzene rings is 2. The second-order valence-corrected chi connectivity index (χ2v) is 6.14. The Labute approximate surface area is 136 Å². The molecule has 0 aliphatic rings. The van der Waals surface area contributed by atoms with E-state index in [0.29, 0.717) is 10.5 Å². The largest absolute Gasteiger partial charge is 0.479 e. The molecule has 2 aromatic carbocycles. The van der Waals surface area contributed by atoms with Gasteiger partial charge in [-0.1, -0.05) is 42.0 Å². The lowest BCUT2D eigenvalue weighted by Crippen LogP contribution is -2.26. The van der Waals surface area contributed by atoms with Gasteiger partial charge >= 0.3 is 5.97 Å². The Morgan fingerprint density at radius 1 is 1.17 bits per heavy atom. The summed E-state index contributed by atoms with van der Waals surface area (Å²) in [7, 11) is 0. The van der Waals surface area contributed by atoms with Crippen LogP contribution in [0, 0.1) is 17.0 Å². The van der Waals surface area contributed by atoms with E-state index in [9.17, 15) is 20.0 Å². The van der Waals surface area contributed by atoms with Crippen molar-refractivity contribution in [1.29, 1.82) is 0 Å². The summed E-state index contributed by atoms with van der Waals surface area (Å²) >= 11 is 0.967. The molecule has 0 saturated heterocycles. The number of thioether (sulfide) groups is 1. The van der Waals surface area contributed by atoms with Crippen LogP contribution in [0.4, 0.5) is 5.69 Å². The van der Waals surface area contributed by atoms with E-state index >= 15 is 0 Å². The van der Waals surface area contributed by atoms with Crippen molar-refractivity contribution in [1.82, 2.24) is 0 Å². The summed E-state index contributed by atoms with van der Waals surface area (Å²) < 4.78 is 0. The Morgan fingerprint density at radius 3 is 2.35 bits per heavy atom. The number of carboxylic acid groups (broad SMARTS) is 1. The number of nitro groups is 1. The van der Waals surface area contributed by atoms with Gasteiger partial charge in [-0.25, -0.2) is 4.79 Å². The van der Waals surface area contributed by atoms with Crippen LogP contribution in [0.1, 0.15) is 16.4 Å². The zero-order valence-electron chi connectivity index (χ0n) is 12.2. The van der Waals surface area contributed by atoms with Gasteiger partial charge in [0.2, 0.25) is 0 Å². The summed E-state index contributed by atoms with van der Waals surface area (Å²) in [5.41, 5.74) is 1.47. The average Bonchev–Trinajstić information content (AvgIpc) is 2.53. The van der Waals surface area contributed by atoms with E-state index in [4.69, 9.17) is 5.11 Å². The predicted octanol–water partition coefficient (Wildman–Crippen LogP) is 3.18. The fourth-order valence-corrected chi connectivity index (χ4v) is 3.28. The molecule has 2 aromatic rings. The molecule has 0 aliphatic heterocycles. The smallest absolute Gasteiger partial charge is 0.334 e. The quantitative estimate of drug-likeness (QED) is 0.478. The molecule has 2 unspecified atom stereocenters. The van der Waals surface area contributed by atoms with E-state index in [1.54, 1.807) is 36.4 Å². The summed E-state index contributed by atoms with van der Waals surface area (Å²) in [5.74, 6) is -1.37. The summed E-state index contributed by atoms with van der Waals surface area (Å²) in [6, 6.07) is 13.1. The number of para-hydroxylation sites is 1. The Balaban J connectivity index is 2.41. The van der Waals surface area contributed by atoms with E-state index in [0.717, 1.165) is 17.3 Å². The second-order valence-electron chi connectivity index (χ2n) is 4.96. The third-order valence-electron chi connectivity index (χ3n) is 3.26. The molecule has 0 saturated carbocycles. The topological polar surface area (TPSA) is 101 Å². The standard InChI is InChI=1S/C16H15NO5S/c1-10-6-8-11(9-7-10)15(14(18)16(19)20)23-13-5-3-2-4-12(13)17(21)22/h2-9,14-15,18H,1H3,(H,19,20). The summed E-state index contributed by atoms with van der Waals surface area (Å²) in [5, 5.41) is 29.4. The second kappa shape index (κ2) is 7.26. The molecule has 0 aliphatic carbocycles. The third-order valence-corrected chi connectivity index (χ3v) is 4.64. The minimum atomic E-state index is -1.68. The number of aliphatic hydroxyl groups is 1. The number of aliphatic hydroxyl groups excluding tert-OH is 1. The monoisotopic (exact) mass is 333 g/mol. The highest BCUT2D eigenvalue weighted by Crippen LogP contribution is 2.41. The molecule has 2 N–H and O–H groups in total. The molecule has 0 amide bonds. The fourth-order valence-electron chi connectivity index (χ4n) is 2.04. The number of nitro benzene ring substituents is 1. The molecule has 0 spiro atoms. The van der Waals surface area contributed by atoms with Crippen molar-refractivity contribution in [2.24, 2.45) is 0 Å². The molecule has 0 bridgehead atoms. The highest BCUT2D eigenvalue weighted by Gasteiger charge is 2.30. The van der Waals surface area contributed by atoms with Gasteiger partial charge in [-0.15, -0.1) is 11.8 Å². The number of carboxylic acids is 1. The highest BCUT2D eigenvalue weighted by molar-refractivity contribution is 7.99. The molecule has 0 radical (unpaired) electrons. The van der Waals surface area contributed by atoms with Crippen molar-refractivity contribution < 1.29 is 19.9 Å². The van der Waals surface area contributed by atoms with Crippen LogP contribution in [-0.4, -0.2) is 27.2 Å². The summed E-state index contributed by atoms with van der Waals surface area (Å²) in [6.45, 7) is 1.89. The SMILES string of the molecule is Cc1ccc(C(Sc2ccccc2[N+](=O)[O-])C(O)C(=O)O)cc1. The Morgan fingerprint density at radius 2 is 1.78 bits per heavy atom. The van der Waals surface area contributed by atoms with Crippen molar-refractivity contribution in [3.63, 3.8) is 0 Å². The highest BCUT2D eigenvalue weighted by atomic mass is 32.2. The first-order valence-corrected chi connectivity index (χ1v) is 7.65. The summed E-state index contributed by atoms with van der Waals surface area (Å²) in [6.07, 6.45) is -1.68. The lowest BCUT2D eigenvalue weighted by Gasteiger charge is -2.20. The minimum absolute atomic E-state index is 0.118. The normalized spacial score (nSPS) is 13.3. The van der Waals surface area contributed by atoms with Gasteiger partial charge in [0.05, 0.1) is 15.1 Å². The van der Waals surface area contributed by atoms with Gasteiger partial charge in [0.1, 0.15) is 0 Å². The number of rotatable bonds is 6. The molecule has 23 heavy (non-hydrogen) atoms. The first-order valence-electron chi connectivity index (χ1n) is 6.77. The van der Waals surface area contributed by atoms with Crippen LogP contribution in [0.3, 0.4) is 0 Å². The van der Waals surface area contributed by atoms with E-state index in [-0.39, 0.29) is 5.69 Å². The molecule has 2 rings (SSSR count). The molecule has 0 aromatic heterocycles. The minimum Gasteiger partial charge on any atom is -0.479 e. The van der Waals surface area contributed by atoms with E-state index < -0.39 is 22.2 Å². The van der Waals surface area contributed by atoms with Gasteiger partial charge in [0.25, 0.3) is 5.69 Å². The number of hydrogen-bond acceptors (Lipinski definition) is 5. The van der Waals surface area contributed by atoms with Crippen LogP contribution in [0.15, 0.2) is 53.4 Å². The van der Waals surface area contributed by atoms with Crippen molar-refractivity contribution >= 4 is 23.4 Å². The average molecular weight is 333 g/mol. The number of hydrogen-bond donors (Lipinski definition) is 2. The lowest BCUT2D eigenvalue weighted by atomic mass is 10.1. The molecular formula is C16H15NO5S. The molecule has 7 heteroatoms. The van der Waals surface area contributed by atoms with Gasteiger partial charge in [0, 0.05) is 6.07 Å². The van der Waals surface area contributed by atoms with Gasteiger partial charge in [0.15, 0.2) is 6.10 Å². The number of carbonyl (C=O) groups is 1. The van der Waals surface area contributed by atoms with Crippen LogP contribution < -0.4 is 0 Å². The van der Waals surface area contributed by atoms with Gasteiger partial charge in [-0.2, -0.15) is 0 Å². The zero-order valence-corrected chi connectivity index (χ0v) is 13.1. The maximum Gasteiger partial charge on any atom is 0.334 e. The number of nitrogens with zero attached hydrogens (tertiary/aromatic N) is 1. The van der Waals surface area contributed by atoms with Crippen LogP contribution in [0.5, 0.6) is 0 Å². The molecule has 6 nitrogen and oxygen atoms in total. The van der Waals surface area contributed by atoms with Gasteiger partial charge in [-0.05, 0) is 18.6 Å². The van der Waals surface area contributed by atoms with Crippen molar-refractivity contribution in [3.05, 3.63) is 69.8 Å². The Kier molecular flexibility index (Phi) is 5.36. The third kappa shape index (κ3) is 4.08. The molecule has 120 valence electrons. The Hall–Kier alpha value is -2.38. The van der Waals surface area contributed by atoms with Crippen LogP contribution >= 0.6 is 11.8 Å². The van der Waals surface area contributed by atoms with Gasteiger partial charge < -0.3 is 10.2 Å². The zero-order chi connectivity index (χ0) is 17.0. The number of aliphatic carboxylic acids is 1. The fraction of sp³-hybridized carbons (Fsp3) is 0.188. The number of aryl methyl sites for hydroxylation is 1. The maximum absolute atomic E-state index is 11.2. The lowest BCUT2D eigenvalue weighted by molar-refractivity contribution is -0.387. The maximum atomic E-state index is 11.2. The Bertz CT molecular complexity index is 717. The molecule has 0 heterocycles. The summed E-state index contributed by atoms with van der Waals surface area (Å²) in [4.78, 5) is 22.1. The van der Waals surface area contributed by atoms with Crippen molar-refractivity contribution in [2.75, 3.05) is 0 Å². The molecular weight excluding hydrogens is 318 g/mol. The van der Waals surface area contributed by atoms with Crippen molar-refractivity contribution in [3.8, 4) is 0 Å².